The molecule has 0 spiro atoms. The Balaban J connectivity index is 1.40. The second-order valence-corrected chi connectivity index (χ2v) is 8.69. The van der Waals surface area contributed by atoms with E-state index in [9.17, 15) is 35.4 Å². The number of carboxylic acid groups (broad SMARTS) is 1. The lowest BCUT2D eigenvalue weighted by Gasteiger charge is -2.44. The average Bonchev–Trinajstić information content (AvgIpc) is 3.56. The number of epoxide rings is 1. The minimum Gasteiger partial charge on any atom is -0.479 e. The molecule has 0 saturated carbocycles. The molecule has 0 aliphatic carbocycles. The molecule has 8 unspecified atom stereocenters. The van der Waals surface area contributed by atoms with Gasteiger partial charge in [0.2, 0.25) is 0 Å². The zero-order chi connectivity index (χ0) is 24.9. The largest absolute Gasteiger partial charge is 0.479 e. The Morgan fingerprint density at radius 2 is 1.44 bits per heavy atom. The molecule has 0 aromatic rings. The Kier molecular flexibility index (Phi) is 7.76. The Labute approximate surface area is 193 Å². The van der Waals surface area contributed by atoms with Crippen LogP contribution in [-0.2, 0) is 38.0 Å². The van der Waals surface area contributed by atoms with Crippen LogP contribution in [-0.4, -0.2) is 148 Å². The number of fused-ring (bicyclic) bond motifs is 1. The highest BCUT2D eigenvalue weighted by Crippen LogP contribution is 2.39. The van der Waals surface area contributed by atoms with Crippen LogP contribution in [0.4, 0.5) is 0 Å². The van der Waals surface area contributed by atoms with Gasteiger partial charge in [0.15, 0.2) is 25.0 Å². The molecule has 0 amide bonds. The van der Waals surface area contributed by atoms with Gasteiger partial charge in [-0.15, -0.1) is 0 Å². The molecule has 0 radical (unpaired) electrons. The second-order valence-electron chi connectivity index (χ2n) is 8.69. The lowest BCUT2D eigenvalue weighted by atomic mass is 9.97. The zero-order valence-corrected chi connectivity index (χ0v) is 18.3. The summed E-state index contributed by atoms with van der Waals surface area (Å²) in [6, 6.07) is 0. The first-order valence-electron chi connectivity index (χ1n) is 10.8. The molecule has 4 saturated heterocycles. The van der Waals surface area contributed by atoms with Crippen molar-refractivity contribution in [3.05, 3.63) is 0 Å². The molecule has 0 aromatic heterocycles. The Morgan fingerprint density at radius 1 is 0.794 bits per heavy atom. The first kappa shape index (κ1) is 26.0. The number of hydrogen-bond donors (Lipinski definition) is 7. The van der Waals surface area contributed by atoms with Gasteiger partial charge in [-0.2, -0.15) is 0 Å². The molecule has 15 heteroatoms. The first-order chi connectivity index (χ1) is 16.0. The van der Waals surface area contributed by atoms with Gasteiger partial charge in [-0.05, 0) is 6.92 Å². The van der Waals surface area contributed by atoms with E-state index in [0.717, 1.165) is 0 Å². The number of carbonyl (C=O) groups is 1. The van der Waals surface area contributed by atoms with Crippen LogP contribution >= 0.6 is 0 Å². The van der Waals surface area contributed by atoms with Gasteiger partial charge in [0.25, 0.3) is 0 Å². The zero-order valence-electron chi connectivity index (χ0n) is 18.3. The lowest BCUT2D eigenvalue weighted by molar-refractivity contribution is -0.342. The Bertz CT molecular complexity index is 724. The summed E-state index contributed by atoms with van der Waals surface area (Å²) >= 11 is 0. The molecule has 4 aliphatic rings. The van der Waals surface area contributed by atoms with Crippen molar-refractivity contribution in [3.63, 3.8) is 0 Å². The molecular weight excluding hydrogens is 468 g/mol. The summed E-state index contributed by atoms with van der Waals surface area (Å²) in [4.78, 5) is 11.2. The van der Waals surface area contributed by atoms with Crippen LogP contribution in [0.2, 0.25) is 0 Å². The molecule has 15 atom stereocenters. The molecule has 0 aromatic carbocycles. The van der Waals surface area contributed by atoms with Crippen LogP contribution in [0.3, 0.4) is 0 Å². The van der Waals surface area contributed by atoms with Crippen molar-refractivity contribution in [1.29, 1.82) is 0 Å². The van der Waals surface area contributed by atoms with Crippen molar-refractivity contribution in [2.24, 2.45) is 0 Å². The molecule has 34 heavy (non-hydrogen) atoms. The van der Waals surface area contributed by atoms with Gasteiger partial charge in [0.05, 0.1) is 12.7 Å². The third kappa shape index (κ3) is 4.81. The average molecular weight is 498 g/mol. The number of aliphatic hydroxyl groups excluding tert-OH is 6. The van der Waals surface area contributed by atoms with Crippen molar-refractivity contribution in [3.8, 4) is 0 Å². The van der Waals surface area contributed by atoms with Crippen molar-refractivity contribution >= 4 is 5.97 Å². The maximum absolute atomic E-state index is 11.2. The Morgan fingerprint density at radius 3 is 2.09 bits per heavy atom. The fraction of sp³-hybridized carbons (Fsp3) is 0.947. The first-order valence-corrected chi connectivity index (χ1v) is 10.8. The maximum atomic E-state index is 11.2. The minimum atomic E-state index is -1.90. The maximum Gasteiger partial charge on any atom is 0.335 e. The van der Waals surface area contributed by atoms with E-state index in [4.69, 9.17) is 38.3 Å². The number of ether oxygens (including phenoxy) is 7. The van der Waals surface area contributed by atoms with E-state index in [1.54, 1.807) is 6.92 Å². The predicted molar refractivity (Wildman–Crippen MR) is 102 cm³/mol. The molecule has 4 aliphatic heterocycles. The highest BCUT2D eigenvalue weighted by molar-refractivity contribution is 5.73. The summed E-state index contributed by atoms with van der Waals surface area (Å²) in [6.45, 7) is 1.13. The fourth-order valence-electron chi connectivity index (χ4n) is 4.35. The van der Waals surface area contributed by atoms with Gasteiger partial charge in [-0.25, -0.2) is 4.79 Å². The molecule has 196 valence electrons. The summed E-state index contributed by atoms with van der Waals surface area (Å²) < 4.78 is 38.1. The SMILES string of the molecule is COC1[C@H](O[C@H]2OC(CO[C@H]3OC(C(=O)O)[C@@H](O)C(O)[C@@H]3O)[C@@H](O)C(O)C2O)C(C)OC2O[C@@H]21. The van der Waals surface area contributed by atoms with E-state index in [1.165, 1.54) is 7.11 Å². The lowest BCUT2D eigenvalue weighted by Crippen LogP contribution is -2.63. The highest BCUT2D eigenvalue weighted by atomic mass is 16.8. The Hall–Kier alpha value is -1.05. The summed E-state index contributed by atoms with van der Waals surface area (Å²) in [5.74, 6) is -1.59. The second kappa shape index (κ2) is 10.1. The number of rotatable bonds is 7. The van der Waals surface area contributed by atoms with E-state index < -0.39 is 98.6 Å². The van der Waals surface area contributed by atoms with Crippen LogP contribution in [0.25, 0.3) is 0 Å². The van der Waals surface area contributed by atoms with Crippen LogP contribution in [0.5, 0.6) is 0 Å². The van der Waals surface area contributed by atoms with Gasteiger partial charge in [0.1, 0.15) is 61.0 Å². The third-order valence-corrected chi connectivity index (χ3v) is 6.41. The van der Waals surface area contributed by atoms with Crippen molar-refractivity contribution in [2.75, 3.05) is 13.7 Å². The summed E-state index contributed by atoms with van der Waals surface area (Å²) in [5.41, 5.74) is 0. The van der Waals surface area contributed by atoms with E-state index in [1.807, 2.05) is 0 Å². The van der Waals surface area contributed by atoms with E-state index in [0.29, 0.717) is 0 Å². The predicted octanol–water partition coefficient (Wildman–Crippen LogP) is -4.75. The molecule has 15 nitrogen and oxygen atoms in total. The molecule has 0 bridgehead atoms. The van der Waals surface area contributed by atoms with Gasteiger partial charge in [-0.1, -0.05) is 0 Å². The quantitative estimate of drug-likeness (QED) is 0.164. The summed E-state index contributed by atoms with van der Waals surface area (Å²) in [5, 5.41) is 69.9. The normalized spacial score (nSPS) is 53.2. The number of methoxy groups -OCH3 is 1. The van der Waals surface area contributed by atoms with Crippen LogP contribution in [0, 0.1) is 0 Å². The van der Waals surface area contributed by atoms with Crippen LogP contribution in [0.15, 0.2) is 0 Å². The van der Waals surface area contributed by atoms with Crippen LogP contribution in [0.1, 0.15) is 6.92 Å². The van der Waals surface area contributed by atoms with Crippen molar-refractivity contribution < 1.29 is 73.7 Å². The van der Waals surface area contributed by atoms with Crippen molar-refractivity contribution in [1.82, 2.24) is 0 Å². The summed E-state index contributed by atoms with van der Waals surface area (Å²) in [6.07, 6.45) is -19.6. The molecule has 4 heterocycles. The van der Waals surface area contributed by atoms with Gasteiger partial charge in [0, 0.05) is 7.11 Å². The molecule has 4 fully saturated rings. The van der Waals surface area contributed by atoms with E-state index in [-0.39, 0.29) is 6.10 Å². The number of aliphatic carboxylic acids is 1. The molecular formula is C19H30O15. The fourth-order valence-corrected chi connectivity index (χ4v) is 4.35. The minimum absolute atomic E-state index is 0.365. The standard InChI is InChI=1S/C19H30O15/c1-4-12(14(28-2)15-19(30-4)34-15)32-18-11(25)7(21)6(20)5(31-18)3-29-17-10(24)8(22)9(23)13(33-17)16(26)27/h4-15,17-25H,3H2,1-2H3,(H,26,27)/t4?,5?,6-,7?,8?,9+,10+,11?,12-,13?,14?,15-,17+,18-,19?/m1/s1. The molecule has 4 rings (SSSR count). The summed E-state index contributed by atoms with van der Waals surface area (Å²) in [7, 11) is 1.45. The smallest absolute Gasteiger partial charge is 0.335 e. The monoisotopic (exact) mass is 498 g/mol. The van der Waals surface area contributed by atoms with Gasteiger partial charge in [-0.3, -0.25) is 0 Å². The number of aliphatic hydroxyl groups is 6. The van der Waals surface area contributed by atoms with Gasteiger partial charge >= 0.3 is 5.97 Å². The van der Waals surface area contributed by atoms with Gasteiger partial charge < -0.3 is 68.9 Å². The number of carboxylic acids is 1. The topological polar surface area (TPSA) is 227 Å². The number of hydrogen-bond acceptors (Lipinski definition) is 14. The van der Waals surface area contributed by atoms with Crippen LogP contribution < -0.4 is 0 Å². The van der Waals surface area contributed by atoms with E-state index in [2.05, 4.69) is 0 Å². The van der Waals surface area contributed by atoms with Crippen molar-refractivity contribution in [2.45, 2.75) is 99.0 Å². The highest BCUT2D eigenvalue weighted by Gasteiger charge is 2.58. The third-order valence-electron chi connectivity index (χ3n) is 6.41. The van der Waals surface area contributed by atoms with E-state index >= 15 is 0 Å². The molecule has 7 N–H and O–H groups in total.